The van der Waals surface area contributed by atoms with Gasteiger partial charge < -0.3 is 10.0 Å². The summed E-state index contributed by atoms with van der Waals surface area (Å²) in [6, 6.07) is 8.54. The van der Waals surface area contributed by atoms with Crippen LogP contribution in [0.2, 0.25) is 0 Å². The highest BCUT2D eigenvalue weighted by Gasteiger charge is 2.36. The van der Waals surface area contributed by atoms with E-state index < -0.39 is 17.9 Å². The number of aliphatic carboxylic acids is 1. The van der Waals surface area contributed by atoms with E-state index in [1.807, 2.05) is 17.5 Å². The second-order valence-electron chi connectivity index (χ2n) is 6.12. The Morgan fingerprint density at radius 1 is 1.22 bits per heavy atom. The topological polar surface area (TPSA) is 88.3 Å². The smallest absolute Gasteiger partial charge is 0.326 e. The Morgan fingerprint density at radius 2 is 2.00 bits per heavy atom. The van der Waals surface area contributed by atoms with Crippen LogP contribution in [0.1, 0.15) is 23.5 Å². The summed E-state index contributed by atoms with van der Waals surface area (Å²) in [5.41, 5.74) is 0.558. The van der Waals surface area contributed by atoms with Crippen molar-refractivity contribution in [1.29, 1.82) is 0 Å². The van der Waals surface area contributed by atoms with Gasteiger partial charge >= 0.3 is 5.97 Å². The zero-order chi connectivity index (χ0) is 19.0. The molecule has 3 aromatic rings. The van der Waals surface area contributed by atoms with E-state index >= 15 is 0 Å². The predicted octanol–water partition coefficient (Wildman–Crippen LogP) is 2.82. The number of rotatable bonds is 4. The first-order valence-corrected chi connectivity index (χ1v) is 9.23. The number of carbonyl (C=O) groups excluding carboxylic acids is 1. The normalized spacial score (nSPS) is 16.6. The van der Waals surface area contributed by atoms with Crippen LogP contribution in [0.4, 0.5) is 4.39 Å². The lowest BCUT2D eigenvalue weighted by Crippen LogP contribution is -2.40. The van der Waals surface area contributed by atoms with E-state index in [1.165, 1.54) is 33.1 Å². The number of halogens is 1. The first-order chi connectivity index (χ1) is 13.0. The molecule has 1 aliphatic heterocycles. The SMILES string of the molecule is O=C(O)[C@H]1CCCN1C(=O)c1nc(-c2cccs2)n(-c2ccc(F)cc2)n1. The molecule has 9 heteroatoms. The fourth-order valence-corrected chi connectivity index (χ4v) is 3.82. The molecule has 7 nitrogen and oxygen atoms in total. The van der Waals surface area contributed by atoms with Gasteiger partial charge in [-0.05, 0) is 48.6 Å². The fraction of sp³-hybridized carbons (Fsp3) is 0.222. The number of carboxylic acid groups (broad SMARTS) is 1. The largest absolute Gasteiger partial charge is 0.480 e. The Morgan fingerprint density at radius 3 is 2.67 bits per heavy atom. The molecule has 4 rings (SSSR count). The van der Waals surface area contributed by atoms with Crippen molar-refractivity contribution in [2.24, 2.45) is 0 Å². The van der Waals surface area contributed by atoms with E-state index in [0.717, 1.165) is 4.88 Å². The molecule has 1 amide bonds. The maximum absolute atomic E-state index is 13.3. The van der Waals surface area contributed by atoms with Gasteiger partial charge in [-0.25, -0.2) is 18.9 Å². The van der Waals surface area contributed by atoms with Gasteiger partial charge in [0.2, 0.25) is 5.82 Å². The summed E-state index contributed by atoms with van der Waals surface area (Å²) in [5.74, 6) is -1.55. The third kappa shape index (κ3) is 3.21. The zero-order valence-corrected chi connectivity index (χ0v) is 14.9. The monoisotopic (exact) mass is 386 g/mol. The molecule has 1 aromatic carbocycles. The highest BCUT2D eigenvalue weighted by molar-refractivity contribution is 7.13. The first-order valence-electron chi connectivity index (χ1n) is 8.35. The van der Waals surface area contributed by atoms with Crippen LogP contribution in [-0.2, 0) is 4.79 Å². The van der Waals surface area contributed by atoms with Crippen LogP contribution in [0, 0.1) is 5.82 Å². The van der Waals surface area contributed by atoms with Crippen LogP contribution in [-0.4, -0.2) is 49.2 Å². The van der Waals surface area contributed by atoms with Gasteiger partial charge in [0.1, 0.15) is 11.9 Å². The van der Waals surface area contributed by atoms with Crippen LogP contribution in [0.15, 0.2) is 41.8 Å². The first kappa shape index (κ1) is 17.3. The number of benzene rings is 1. The summed E-state index contributed by atoms with van der Waals surface area (Å²) in [6.07, 6.45) is 1.04. The van der Waals surface area contributed by atoms with Crippen molar-refractivity contribution >= 4 is 23.2 Å². The number of carboxylic acids is 1. The van der Waals surface area contributed by atoms with Crippen LogP contribution in [0.3, 0.4) is 0 Å². The second-order valence-corrected chi connectivity index (χ2v) is 7.07. The minimum Gasteiger partial charge on any atom is -0.480 e. The van der Waals surface area contributed by atoms with E-state index in [0.29, 0.717) is 30.9 Å². The molecule has 0 aliphatic carbocycles. The van der Waals surface area contributed by atoms with Gasteiger partial charge in [0.05, 0.1) is 10.6 Å². The molecule has 0 bridgehead atoms. The van der Waals surface area contributed by atoms with Crippen LogP contribution in [0.5, 0.6) is 0 Å². The van der Waals surface area contributed by atoms with E-state index in [4.69, 9.17) is 0 Å². The third-order valence-electron chi connectivity index (χ3n) is 4.41. The second kappa shape index (κ2) is 6.92. The fourth-order valence-electron chi connectivity index (χ4n) is 3.13. The lowest BCUT2D eigenvalue weighted by Gasteiger charge is -2.19. The van der Waals surface area contributed by atoms with Crippen molar-refractivity contribution in [3.05, 3.63) is 53.4 Å². The summed E-state index contributed by atoms with van der Waals surface area (Å²) in [7, 11) is 0. The summed E-state index contributed by atoms with van der Waals surface area (Å²) in [4.78, 5) is 30.7. The molecule has 27 heavy (non-hydrogen) atoms. The molecule has 0 saturated carbocycles. The molecule has 3 heterocycles. The Kier molecular flexibility index (Phi) is 4.44. The van der Waals surface area contributed by atoms with Gasteiger partial charge in [0.15, 0.2) is 5.82 Å². The summed E-state index contributed by atoms with van der Waals surface area (Å²) in [6.45, 7) is 0.356. The summed E-state index contributed by atoms with van der Waals surface area (Å²) < 4.78 is 14.7. The van der Waals surface area contributed by atoms with Gasteiger partial charge in [0, 0.05) is 6.54 Å². The molecule has 1 atom stereocenters. The average Bonchev–Trinajstić information content (AvgIpc) is 3.40. The molecule has 0 unspecified atom stereocenters. The number of hydrogen-bond acceptors (Lipinski definition) is 5. The predicted molar refractivity (Wildman–Crippen MR) is 96.3 cm³/mol. The summed E-state index contributed by atoms with van der Waals surface area (Å²) in [5, 5.41) is 15.5. The lowest BCUT2D eigenvalue weighted by atomic mass is 10.2. The van der Waals surface area contributed by atoms with Gasteiger partial charge in [0.25, 0.3) is 5.91 Å². The Bertz CT molecular complexity index is 985. The molecule has 138 valence electrons. The molecule has 1 saturated heterocycles. The zero-order valence-electron chi connectivity index (χ0n) is 14.1. The number of likely N-dealkylation sites (tertiary alicyclic amines) is 1. The lowest BCUT2D eigenvalue weighted by molar-refractivity contribution is -0.141. The summed E-state index contributed by atoms with van der Waals surface area (Å²) >= 11 is 1.43. The maximum atomic E-state index is 13.3. The van der Waals surface area contributed by atoms with E-state index in [2.05, 4.69) is 10.1 Å². The maximum Gasteiger partial charge on any atom is 0.326 e. The van der Waals surface area contributed by atoms with E-state index in [-0.39, 0.29) is 11.6 Å². The van der Waals surface area contributed by atoms with Crippen molar-refractivity contribution in [3.63, 3.8) is 0 Å². The standard InChI is InChI=1S/C18H15FN4O3S/c19-11-5-7-12(8-6-11)23-16(14-4-2-10-27-14)20-15(21-23)17(24)22-9-1-3-13(22)18(25)26/h2,4-8,10,13H,1,3,9H2,(H,25,26)/t13-/m1/s1. The van der Waals surface area contributed by atoms with Gasteiger partial charge in [-0.1, -0.05) is 6.07 Å². The average molecular weight is 386 g/mol. The molecular formula is C18H15FN4O3S. The Labute approximate surface area is 157 Å². The Balaban J connectivity index is 1.76. The molecular weight excluding hydrogens is 371 g/mol. The van der Waals surface area contributed by atoms with Crippen molar-refractivity contribution in [2.45, 2.75) is 18.9 Å². The quantitative estimate of drug-likeness (QED) is 0.745. The van der Waals surface area contributed by atoms with E-state index in [9.17, 15) is 19.1 Å². The van der Waals surface area contributed by atoms with Crippen LogP contribution in [0.25, 0.3) is 16.4 Å². The minimum atomic E-state index is -1.03. The van der Waals surface area contributed by atoms with E-state index in [1.54, 1.807) is 12.1 Å². The minimum absolute atomic E-state index is 0.0733. The highest BCUT2D eigenvalue weighted by atomic mass is 32.1. The number of thiophene rings is 1. The molecule has 1 fully saturated rings. The van der Waals surface area contributed by atoms with Crippen molar-refractivity contribution in [1.82, 2.24) is 19.7 Å². The number of aromatic nitrogens is 3. The van der Waals surface area contributed by atoms with Crippen molar-refractivity contribution in [3.8, 4) is 16.4 Å². The molecule has 1 aliphatic rings. The van der Waals surface area contributed by atoms with Gasteiger partial charge in [-0.3, -0.25) is 4.79 Å². The van der Waals surface area contributed by atoms with Crippen LogP contribution < -0.4 is 0 Å². The molecule has 1 N–H and O–H groups in total. The van der Waals surface area contributed by atoms with Crippen LogP contribution >= 0.6 is 11.3 Å². The number of carbonyl (C=O) groups is 2. The number of hydrogen-bond donors (Lipinski definition) is 1. The van der Waals surface area contributed by atoms with Gasteiger partial charge in [-0.15, -0.1) is 16.4 Å². The Hall–Kier alpha value is -3.07. The number of amides is 1. The van der Waals surface area contributed by atoms with Gasteiger partial charge in [-0.2, -0.15) is 0 Å². The number of nitrogens with zero attached hydrogens (tertiary/aromatic N) is 4. The van der Waals surface area contributed by atoms with Crippen molar-refractivity contribution < 1.29 is 19.1 Å². The highest BCUT2D eigenvalue weighted by Crippen LogP contribution is 2.27. The third-order valence-corrected chi connectivity index (χ3v) is 5.28. The molecule has 2 aromatic heterocycles. The molecule has 0 radical (unpaired) electrons. The van der Waals surface area contributed by atoms with Crippen molar-refractivity contribution in [2.75, 3.05) is 6.54 Å². The molecule has 0 spiro atoms.